The molecular weight excluding hydrogens is 790 g/mol. The summed E-state index contributed by atoms with van der Waals surface area (Å²) < 4.78 is 33.8. The summed E-state index contributed by atoms with van der Waals surface area (Å²) >= 11 is 0. The predicted molar refractivity (Wildman–Crippen MR) is 251 cm³/mol. The third-order valence-electron chi connectivity index (χ3n) is 9.49. The van der Waals surface area contributed by atoms with E-state index in [0.717, 1.165) is 51.4 Å². The minimum atomic E-state index is -4.66. The highest BCUT2D eigenvalue weighted by molar-refractivity contribution is 7.45. The molecule has 0 heterocycles. The van der Waals surface area contributed by atoms with Crippen LogP contribution in [0.15, 0.2) is 85.1 Å². The maximum Gasteiger partial charge on any atom is 0.306 e. The van der Waals surface area contributed by atoms with Gasteiger partial charge in [0.25, 0.3) is 7.82 Å². The molecule has 0 amide bonds. The second-order valence-electron chi connectivity index (χ2n) is 16.6. The van der Waals surface area contributed by atoms with Crippen LogP contribution in [-0.2, 0) is 32.7 Å². The molecular formula is C50H86NO9P. The number of phosphoric ester groups is 1. The number of carbonyl (C=O) groups excluding carboxylic acids is 2. The smallest absolute Gasteiger partial charge is 0.306 e. The number of aliphatic hydroxyl groups is 1. The van der Waals surface area contributed by atoms with Crippen LogP contribution < -0.4 is 4.89 Å². The Morgan fingerprint density at radius 2 is 1.18 bits per heavy atom. The Morgan fingerprint density at radius 3 is 1.79 bits per heavy atom. The zero-order chi connectivity index (χ0) is 45.1. The van der Waals surface area contributed by atoms with Crippen molar-refractivity contribution in [3.63, 3.8) is 0 Å². The number of unbranched alkanes of at least 4 members (excludes halogenated alkanes) is 13. The minimum Gasteiger partial charge on any atom is -0.756 e. The number of ether oxygens (including phenoxy) is 2. The number of likely N-dealkylation sites (N-methyl/N-ethyl adjacent to an activating group) is 1. The highest BCUT2D eigenvalue weighted by Gasteiger charge is 2.21. The predicted octanol–water partition coefficient (Wildman–Crippen LogP) is 11.9. The van der Waals surface area contributed by atoms with Gasteiger partial charge in [0.15, 0.2) is 6.10 Å². The minimum absolute atomic E-state index is 0.0535. The Labute approximate surface area is 372 Å². The van der Waals surface area contributed by atoms with Crippen LogP contribution in [0.2, 0.25) is 0 Å². The molecule has 11 heteroatoms. The van der Waals surface area contributed by atoms with Gasteiger partial charge in [0.2, 0.25) is 0 Å². The molecule has 0 rings (SSSR count). The summed E-state index contributed by atoms with van der Waals surface area (Å²) in [4.78, 5) is 37.6. The van der Waals surface area contributed by atoms with Gasteiger partial charge < -0.3 is 33.0 Å². The third kappa shape index (κ3) is 45.0. The van der Waals surface area contributed by atoms with Gasteiger partial charge in [-0.25, -0.2) is 0 Å². The molecule has 0 saturated heterocycles. The number of hydrogen-bond donors (Lipinski definition) is 1. The molecule has 3 atom stereocenters. The van der Waals surface area contributed by atoms with Crippen LogP contribution in [0.5, 0.6) is 0 Å². The largest absolute Gasteiger partial charge is 0.756 e. The molecule has 0 aliphatic rings. The van der Waals surface area contributed by atoms with E-state index < -0.39 is 38.6 Å². The lowest BCUT2D eigenvalue weighted by atomic mass is 10.1. The standard InChI is InChI=1S/C50H86NO9P/c1-6-8-10-11-12-13-14-15-16-17-18-21-25-28-31-34-38-42-50(54)60-48(46-59-61(55,56)58-44-43-51(3,4)5)45-57-49(53)41-37-33-30-27-24-22-19-20-23-26-29-32-36-40-47(52)39-35-9-7-2/h9,15-16,20,22-24,29-30,32-33,35-36,40,47-48,52H,6-8,10-14,17-19,21,25-28,31,34,37-39,41-46H2,1-5H3/b16-15-,23-20-,24-22-,32-29+,33-30-,35-9-,40-36+/t47?,48-/m1/s1. The van der Waals surface area contributed by atoms with E-state index in [1.165, 1.54) is 64.2 Å². The van der Waals surface area contributed by atoms with Crippen molar-refractivity contribution in [2.45, 2.75) is 174 Å². The number of carbonyl (C=O) groups is 2. The lowest BCUT2D eigenvalue weighted by molar-refractivity contribution is -0.870. The van der Waals surface area contributed by atoms with E-state index in [9.17, 15) is 24.2 Å². The number of allylic oxidation sites excluding steroid dienone is 12. The van der Waals surface area contributed by atoms with Crippen LogP contribution in [0.25, 0.3) is 0 Å². The van der Waals surface area contributed by atoms with E-state index >= 15 is 0 Å². The van der Waals surface area contributed by atoms with Gasteiger partial charge in [0.1, 0.15) is 19.8 Å². The van der Waals surface area contributed by atoms with E-state index in [1.54, 1.807) is 6.08 Å². The van der Waals surface area contributed by atoms with Gasteiger partial charge in [-0.15, -0.1) is 0 Å². The molecule has 0 radical (unpaired) electrons. The first-order valence-corrected chi connectivity index (χ1v) is 24.9. The maximum atomic E-state index is 12.7. The first-order valence-electron chi connectivity index (χ1n) is 23.4. The van der Waals surface area contributed by atoms with Crippen molar-refractivity contribution in [3.05, 3.63) is 85.1 Å². The zero-order valence-corrected chi connectivity index (χ0v) is 39.8. The van der Waals surface area contributed by atoms with E-state index in [4.69, 9.17) is 18.5 Å². The van der Waals surface area contributed by atoms with E-state index in [-0.39, 0.29) is 26.1 Å². The second-order valence-corrected chi connectivity index (χ2v) is 18.0. The van der Waals surface area contributed by atoms with Crippen molar-refractivity contribution in [2.24, 2.45) is 0 Å². The Balaban J connectivity index is 4.49. The number of hydrogen-bond acceptors (Lipinski definition) is 9. The van der Waals surface area contributed by atoms with Gasteiger partial charge in [-0.3, -0.25) is 14.2 Å². The SMILES string of the molecule is CC/C=C\CC(O)/C=C/C=C/C/C=C\C/C=C\C/C=C\CCC(=O)OC[C@H](COP(=O)([O-])OCC[N+](C)(C)C)OC(=O)CCCCCCCCC/C=C\CCCCCCCC. The fourth-order valence-electron chi connectivity index (χ4n) is 5.82. The van der Waals surface area contributed by atoms with Crippen molar-refractivity contribution in [2.75, 3.05) is 47.5 Å². The maximum absolute atomic E-state index is 12.7. The molecule has 2 unspecified atom stereocenters. The summed E-state index contributed by atoms with van der Waals surface area (Å²) in [5, 5.41) is 9.85. The van der Waals surface area contributed by atoms with Gasteiger partial charge in [0.05, 0.1) is 33.9 Å². The van der Waals surface area contributed by atoms with Gasteiger partial charge >= 0.3 is 11.9 Å². The molecule has 0 aromatic rings. The highest BCUT2D eigenvalue weighted by atomic mass is 31.2. The molecule has 0 aliphatic heterocycles. The molecule has 0 saturated carbocycles. The molecule has 0 aromatic carbocycles. The second kappa shape index (κ2) is 41.2. The van der Waals surface area contributed by atoms with Crippen LogP contribution in [-0.4, -0.2) is 81.2 Å². The van der Waals surface area contributed by atoms with Crippen LogP contribution in [0.3, 0.4) is 0 Å². The van der Waals surface area contributed by atoms with Crippen LogP contribution in [0.1, 0.15) is 162 Å². The lowest BCUT2D eigenvalue weighted by Gasteiger charge is -2.28. The molecule has 61 heavy (non-hydrogen) atoms. The number of phosphoric acid groups is 1. The summed E-state index contributed by atoms with van der Waals surface area (Å²) in [6.45, 7) is 3.90. The third-order valence-corrected chi connectivity index (χ3v) is 10.5. The van der Waals surface area contributed by atoms with Crippen molar-refractivity contribution < 1.29 is 47.2 Å². The fourth-order valence-corrected chi connectivity index (χ4v) is 6.55. The summed E-state index contributed by atoms with van der Waals surface area (Å²) in [6, 6.07) is 0. The number of aliphatic hydroxyl groups excluding tert-OH is 1. The Morgan fingerprint density at radius 1 is 0.623 bits per heavy atom. The van der Waals surface area contributed by atoms with Crippen LogP contribution >= 0.6 is 7.82 Å². The topological polar surface area (TPSA) is 131 Å². The highest BCUT2D eigenvalue weighted by Crippen LogP contribution is 2.38. The van der Waals surface area contributed by atoms with Crippen molar-refractivity contribution >= 4 is 19.8 Å². The number of esters is 2. The van der Waals surface area contributed by atoms with Gasteiger partial charge in [0, 0.05) is 12.8 Å². The van der Waals surface area contributed by atoms with Crippen molar-refractivity contribution in [1.82, 2.24) is 0 Å². The monoisotopic (exact) mass is 876 g/mol. The first-order chi connectivity index (χ1) is 29.4. The molecule has 0 aromatic heterocycles. The number of nitrogens with zero attached hydrogens (tertiary/aromatic N) is 1. The van der Waals surface area contributed by atoms with E-state index in [0.29, 0.717) is 30.3 Å². The van der Waals surface area contributed by atoms with Gasteiger partial charge in [-0.05, 0) is 70.6 Å². The first kappa shape index (κ1) is 58.1. The van der Waals surface area contributed by atoms with E-state index in [2.05, 4.69) is 50.3 Å². The Kier molecular flexibility index (Phi) is 39.3. The summed E-state index contributed by atoms with van der Waals surface area (Å²) in [7, 11) is 1.09. The Hall–Kier alpha value is -2.85. The summed E-state index contributed by atoms with van der Waals surface area (Å²) in [6.07, 6.45) is 49.5. The summed E-state index contributed by atoms with van der Waals surface area (Å²) in [5.41, 5.74) is 0. The molecule has 0 spiro atoms. The molecule has 350 valence electrons. The lowest BCUT2D eigenvalue weighted by Crippen LogP contribution is -2.37. The molecule has 0 fully saturated rings. The quantitative estimate of drug-likeness (QED) is 0.0159. The van der Waals surface area contributed by atoms with Crippen molar-refractivity contribution in [3.8, 4) is 0 Å². The molecule has 0 aliphatic carbocycles. The molecule has 1 N–H and O–H groups in total. The molecule has 0 bridgehead atoms. The molecule has 10 nitrogen and oxygen atoms in total. The van der Waals surface area contributed by atoms with Crippen LogP contribution in [0.4, 0.5) is 0 Å². The Bertz CT molecular complexity index is 1330. The number of rotatable bonds is 41. The van der Waals surface area contributed by atoms with Crippen LogP contribution in [0, 0.1) is 0 Å². The average Bonchev–Trinajstić information content (AvgIpc) is 3.21. The van der Waals surface area contributed by atoms with E-state index in [1.807, 2.05) is 63.7 Å². The number of quaternary nitrogens is 1. The van der Waals surface area contributed by atoms with Gasteiger partial charge in [-0.1, -0.05) is 163 Å². The van der Waals surface area contributed by atoms with Crippen molar-refractivity contribution in [1.29, 1.82) is 0 Å². The fraction of sp³-hybridized carbons (Fsp3) is 0.680. The summed E-state index contributed by atoms with van der Waals surface area (Å²) in [5.74, 6) is -0.965. The van der Waals surface area contributed by atoms with Gasteiger partial charge in [-0.2, -0.15) is 0 Å². The zero-order valence-electron chi connectivity index (χ0n) is 38.9. The average molecular weight is 876 g/mol. The normalized spacial score (nSPS) is 14.8.